The van der Waals surface area contributed by atoms with Gasteiger partial charge in [0.1, 0.15) is 5.41 Å². The summed E-state index contributed by atoms with van der Waals surface area (Å²) in [7, 11) is 0. The molecule has 4 nitrogen and oxygen atoms in total. The molecule has 1 unspecified atom stereocenters. The van der Waals surface area contributed by atoms with Gasteiger partial charge in [0.25, 0.3) is 0 Å². The molecule has 1 aromatic carbocycles. The van der Waals surface area contributed by atoms with Crippen LogP contribution in [0.25, 0.3) is 0 Å². The fourth-order valence-electron chi connectivity index (χ4n) is 3.34. The maximum Gasteiger partial charge on any atom is 0.237 e. The Bertz CT molecular complexity index is 598. The smallest absolute Gasteiger partial charge is 0.237 e. The third kappa shape index (κ3) is 4.97. The lowest BCUT2D eigenvalue weighted by Crippen LogP contribution is -2.54. The Kier molecular flexibility index (Phi) is 6.88. The summed E-state index contributed by atoms with van der Waals surface area (Å²) in [4.78, 5) is 27.5. The second-order valence-corrected chi connectivity index (χ2v) is 7.75. The molecule has 1 fully saturated rings. The van der Waals surface area contributed by atoms with E-state index in [-0.39, 0.29) is 17.9 Å². The van der Waals surface area contributed by atoms with Gasteiger partial charge in [-0.3, -0.25) is 9.59 Å². The van der Waals surface area contributed by atoms with E-state index in [2.05, 4.69) is 12.2 Å². The van der Waals surface area contributed by atoms with Gasteiger partial charge in [0, 0.05) is 24.2 Å². The van der Waals surface area contributed by atoms with Crippen molar-refractivity contribution in [2.24, 2.45) is 5.41 Å². The molecule has 1 aromatic rings. The van der Waals surface area contributed by atoms with Crippen molar-refractivity contribution < 1.29 is 9.59 Å². The average Bonchev–Trinajstić information content (AvgIpc) is 2.62. The molecule has 0 radical (unpaired) electrons. The first-order valence-corrected chi connectivity index (χ1v) is 9.58. The van der Waals surface area contributed by atoms with E-state index in [1.807, 2.05) is 29.2 Å². The zero-order chi connectivity index (χ0) is 18.4. The Hall–Kier alpha value is -1.55. The molecule has 0 aromatic heterocycles. The quantitative estimate of drug-likeness (QED) is 0.780. The van der Waals surface area contributed by atoms with Crippen LogP contribution >= 0.6 is 11.6 Å². The van der Waals surface area contributed by atoms with Gasteiger partial charge in [0.2, 0.25) is 11.8 Å². The number of carbonyl (C=O) groups is 2. The number of hydrogen-bond acceptors (Lipinski definition) is 2. The maximum absolute atomic E-state index is 13.0. The number of carbonyl (C=O) groups excluding carboxylic acids is 2. The third-order valence-corrected chi connectivity index (χ3v) is 5.33. The predicted molar refractivity (Wildman–Crippen MR) is 102 cm³/mol. The summed E-state index contributed by atoms with van der Waals surface area (Å²) in [6.45, 7) is 6.84. The topological polar surface area (TPSA) is 49.4 Å². The first kappa shape index (κ1) is 19.8. The van der Waals surface area contributed by atoms with E-state index in [0.717, 1.165) is 37.8 Å². The highest BCUT2D eigenvalue weighted by molar-refractivity contribution is 6.30. The molecular weight excluding hydrogens is 336 g/mol. The van der Waals surface area contributed by atoms with E-state index < -0.39 is 5.41 Å². The Balaban J connectivity index is 1.91. The zero-order valence-corrected chi connectivity index (χ0v) is 16.2. The molecule has 1 aliphatic heterocycles. The Morgan fingerprint density at radius 3 is 2.56 bits per heavy atom. The van der Waals surface area contributed by atoms with Gasteiger partial charge in [-0.25, -0.2) is 0 Å². The lowest BCUT2D eigenvalue weighted by Gasteiger charge is -2.39. The van der Waals surface area contributed by atoms with Crippen LogP contribution in [0.5, 0.6) is 0 Å². The highest BCUT2D eigenvalue weighted by Gasteiger charge is 2.41. The summed E-state index contributed by atoms with van der Waals surface area (Å²) in [6, 6.07) is 7.85. The molecule has 2 rings (SSSR count). The van der Waals surface area contributed by atoms with Crippen LogP contribution in [0, 0.1) is 5.41 Å². The van der Waals surface area contributed by atoms with Crippen molar-refractivity contribution in [1.82, 2.24) is 10.2 Å². The lowest BCUT2D eigenvalue weighted by molar-refractivity contribution is -0.151. The van der Waals surface area contributed by atoms with Gasteiger partial charge in [0.15, 0.2) is 0 Å². The minimum atomic E-state index is -1.04. The molecule has 25 heavy (non-hydrogen) atoms. The number of rotatable bonds is 6. The predicted octanol–water partition coefficient (Wildman–Crippen LogP) is 3.82. The number of nitrogens with zero attached hydrogens (tertiary/aromatic N) is 1. The standard InChI is InChI=1S/C20H29ClN2O2/c1-4-17-7-5-6-14-23(17)19(25)20(2,3)18(24)22-13-12-15-8-10-16(21)11-9-15/h8-11,17H,4-7,12-14H2,1-3H3,(H,22,24). The number of benzene rings is 1. The van der Waals surface area contributed by atoms with Gasteiger partial charge >= 0.3 is 0 Å². The van der Waals surface area contributed by atoms with Crippen molar-refractivity contribution in [1.29, 1.82) is 0 Å². The number of likely N-dealkylation sites (tertiary alicyclic amines) is 1. The fourth-order valence-corrected chi connectivity index (χ4v) is 3.47. The van der Waals surface area contributed by atoms with Crippen molar-refractivity contribution >= 4 is 23.4 Å². The molecule has 5 heteroatoms. The van der Waals surface area contributed by atoms with Crippen molar-refractivity contribution in [2.75, 3.05) is 13.1 Å². The van der Waals surface area contributed by atoms with E-state index in [4.69, 9.17) is 11.6 Å². The van der Waals surface area contributed by atoms with Gasteiger partial charge in [-0.2, -0.15) is 0 Å². The summed E-state index contributed by atoms with van der Waals surface area (Å²) >= 11 is 5.88. The SMILES string of the molecule is CCC1CCCCN1C(=O)C(C)(C)C(=O)NCCc1ccc(Cl)cc1. The van der Waals surface area contributed by atoms with Crippen molar-refractivity contribution in [3.05, 3.63) is 34.9 Å². The van der Waals surface area contributed by atoms with Crippen LogP contribution < -0.4 is 5.32 Å². The van der Waals surface area contributed by atoms with Gasteiger partial charge in [-0.1, -0.05) is 30.7 Å². The van der Waals surface area contributed by atoms with E-state index in [1.165, 1.54) is 0 Å². The van der Waals surface area contributed by atoms with Crippen LogP contribution in [-0.4, -0.2) is 35.8 Å². The van der Waals surface area contributed by atoms with Crippen molar-refractivity contribution in [2.45, 2.75) is 58.9 Å². The molecule has 1 atom stereocenters. The van der Waals surface area contributed by atoms with Crippen LogP contribution in [0.1, 0.15) is 52.0 Å². The van der Waals surface area contributed by atoms with E-state index in [1.54, 1.807) is 13.8 Å². The molecule has 0 aliphatic carbocycles. The summed E-state index contributed by atoms with van der Waals surface area (Å²) in [5.74, 6) is -0.255. The lowest BCUT2D eigenvalue weighted by atomic mass is 9.87. The number of halogens is 1. The molecule has 0 saturated carbocycles. The maximum atomic E-state index is 13.0. The molecular formula is C20H29ClN2O2. The molecule has 1 aliphatic rings. The second-order valence-electron chi connectivity index (χ2n) is 7.31. The number of amides is 2. The van der Waals surface area contributed by atoms with Crippen LogP contribution in [0.3, 0.4) is 0 Å². The Morgan fingerprint density at radius 1 is 1.24 bits per heavy atom. The summed E-state index contributed by atoms with van der Waals surface area (Å²) in [5, 5.41) is 3.62. The summed E-state index contributed by atoms with van der Waals surface area (Å²) < 4.78 is 0. The van der Waals surface area contributed by atoms with E-state index >= 15 is 0 Å². The normalized spacial score (nSPS) is 18.1. The Labute approximate surface area is 155 Å². The molecule has 1 saturated heterocycles. The van der Waals surface area contributed by atoms with Crippen LogP contribution in [0.4, 0.5) is 0 Å². The Morgan fingerprint density at radius 2 is 1.92 bits per heavy atom. The number of nitrogens with one attached hydrogen (secondary N) is 1. The molecule has 1 N–H and O–H groups in total. The van der Waals surface area contributed by atoms with Crippen LogP contribution in [0.15, 0.2) is 24.3 Å². The van der Waals surface area contributed by atoms with Crippen LogP contribution in [0.2, 0.25) is 5.02 Å². The van der Waals surface area contributed by atoms with Crippen molar-refractivity contribution in [3.8, 4) is 0 Å². The first-order chi connectivity index (χ1) is 11.9. The minimum absolute atomic E-state index is 0.0527. The van der Waals surface area contributed by atoms with Gasteiger partial charge < -0.3 is 10.2 Å². The monoisotopic (exact) mass is 364 g/mol. The molecule has 138 valence electrons. The average molecular weight is 365 g/mol. The first-order valence-electron chi connectivity index (χ1n) is 9.20. The molecule has 1 heterocycles. The summed E-state index contributed by atoms with van der Waals surface area (Å²) in [6.07, 6.45) is 4.89. The molecule has 0 spiro atoms. The highest BCUT2D eigenvalue weighted by Crippen LogP contribution is 2.27. The summed E-state index contributed by atoms with van der Waals surface area (Å²) in [5.41, 5.74) is 0.0704. The van der Waals surface area contributed by atoms with E-state index in [9.17, 15) is 9.59 Å². The minimum Gasteiger partial charge on any atom is -0.355 e. The highest BCUT2D eigenvalue weighted by atomic mass is 35.5. The third-order valence-electron chi connectivity index (χ3n) is 5.07. The van der Waals surface area contributed by atoms with E-state index in [0.29, 0.717) is 18.0 Å². The van der Waals surface area contributed by atoms with Crippen molar-refractivity contribution in [3.63, 3.8) is 0 Å². The van der Waals surface area contributed by atoms with Gasteiger partial charge in [-0.05, 0) is 63.6 Å². The number of piperidine rings is 1. The largest absolute Gasteiger partial charge is 0.355 e. The molecule has 2 amide bonds. The van der Waals surface area contributed by atoms with Crippen LogP contribution in [-0.2, 0) is 16.0 Å². The fraction of sp³-hybridized carbons (Fsp3) is 0.600. The van der Waals surface area contributed by atoms with Gasteiger partial charge in [-0.15, -0.1) is 0 Å². The number of hydrogen-bond donors (Lipinski definition) is 1. The molecule has 0 bridgehead atoms. The van der Waals surface area contributed by atoms with Gasteiger partial charge in [0.05, 0.1) is 0 Å². The second kappa shape index (κ2) is 8.70. The zero-order valence-electron chi connectivity index (χ0n) is 15.5.